The molecule has 0 saturated heterocycles. The maximum Gasteiger partial charge on any atom is 0.416 e. The van der Waals surface area contributed by atoms with Crippen molar-refractivity contribution < 1.29 is 13.2 Å². The Morgan fingerprint density at radius 2 is 1.92 bits per heavy atom. The minimum Gasteiger partial charge on any atom is -0.338 e. The molecule has 4 rings (SSSR count). The second-order valence-electron chi connectivity index (χ2n) is 6.24. The number of nitrogens with zero attached hydrogens (tertiary/aromatic N) is 2. The monoisotopic (exact) mass is 348 g/mol. The Kier molecular flexibility index (Phi) is 3.55. The van der Waals surface area contributed by atoms with E-state index < -0.39 is 11.7 Å². The number of hydrogen-bond donors (Lipinski definition) is 2. The van der Waals surface area contributed by atoms with E-state index in [2.05, 4.69) is 15.4 Å². The predicted octanol–water partition coefficient (Wildman–Crippen LogP) is 3.90. The van der Waals surface area contributed by atoms with E-state index in [0.29, 0.717) is 28.3 Å². The minimum atomic E-state index is -4.38. The van der Waals surface area contributed by atoms with Crippen LogP contribution in [-0.2, 0) is 12.7 Å². The van der Waals surface area contributed by atoms with Crippen LogP contribution in [0.5, 0.6) is 0 Å². The fourth-order valence-electron chi connectivity index (χ4n) is 2.79. The lowest BCUT2D eigenvalue weighted by Crippen LogP contribution is -2.06. The summed E-state index contributed by atoms with van der Waals surface area (Å²) in [6.45, 7) is 0.731. The Balaban J connectivity index is 1.70. The van der Waals surface area contributed by atoms with E-state index >= 15 is 0 Å². The molecular weight excluding hydrogens is 333 g/mol. The zero-order valence-corrected chi connectivity index (χ0v) is 13.1. The number of benzene rings is 1. The van der Waals surface area contributed by atoms with Crippen LogP contribution in [0.2, 0.25) is 0 Å². The molecule has 0 radical (unpaired) electrons. The molecule has 130 valence electrons. The Morgan fingerprint density at radius 1 is 1.20 bits per heavy atom. The van der Waals surface area contributed by atoms with E-state index in [4.69, 9.17) is 0 Å². The van der Waals surface area contributed by atoms with Gasteiger partial charge in [0.05, 0.1) is 11.1 Å². The van der Waals surface area contributed by atoms with Crippen molar-refractivity contribution in [1.29, 1.82) is 0 Å². The van der Waals surface area contributed by atoms with Crippen LogP contribution in [0, 0.1) is 5.92 Å². The lowest BCUT2D eigenvalue weighted by molar-refractivity contribution is -0.137. The number of rotatable bonds is 4. The summed E-state index contributed by atoms with van der Waals surface area (Å²) < 4.78 is 39.8. The normalized spacial score (nSPS) is 14.8. The van der Waals surface area contributed by atoms with Gasteiger partial charge < -0.3 is 10.3 Å². The molecule has 1 aliphatic rings. The molecule has 5 nitrogen and oxygen atoms in total. The Hall–Kier alpha value is -2.77. The largest absolute Gasteiger partial charge is 0.416 e. The number of nitrogens with one attached hydrogen (secondary N) is 2. The highest BCUT2D eigenvalue weighted by atomic mass is 19.4. The van der Waals surface area contributed by atoms with Crippen molar-refractivity contribution in [2.45, 2.75) is 25.6 Å². The molecule has 2 N–H and O–H groups in total. The molecule has 0 spiro atoms. The third-order valence-electron chi connectivity index (χ3n) is 4.28. The summed E-state index contributed by atoms with van der Waals surface area (Å²) in [7, 11) is 0. The van der Waals surface area contributed by atoms with Gasteiger partial charge in [0.1, 0.15) is 5.39 Å². The van der Waals surface area contributed by atoms with Crippen LogP contribution in [0.3, 0.4) is 0 Å². The fraction of sp³-hybridized carbons (Fsp3) is 0.294. The number of H-pyrrole nitrogens is 1. The summed E-state index contributed by atoms with van der Waals surface area (Å²) in [4.78, 5) is 14.8. The molecule has 0 bridgehead atoms. The first-order chi connectivity index (χ1) is 11.9. The van der Waals surface area contributed by atoms with E-state index in [9.17, 15) is 18.0 Å². The van der Waals surface area contributed by atoms with Gasteiger partial charge in [-0.1, -0.05) is 0 Å². The van der Waals surface area contributed by atoms with Crippen molar-refractivity contribution in [3.8, 4) is 0 Å². The lowest BCUT2D eigenvalue weighted by atomic mass is 10.2. The van der Waals surface area contributed by atoms with E-state index in [1.807, 2.05) is 0 Å². The molecular formula is C17H15F3N4O. The van der Waals surface area contributed by atoms with Gasteiger partial charge in [0.25, 0.3) is 5.56 Å². The number of hydrogen-bond acceptors (Lipinski definition) is 3. The maximum absolute atomic E-state index is 12.7. The van der Waals surface area contributed by atoms with Gasteiger partial charge in [-0.05, 0) is 49.1 Å². The average Bonchev–Trinajstić information content (AvgIpc) is 3.30. The number of fused-ring (bicyclic) bond motifs is 1. The van der Waals surface area contributed by atoms with Crippen LogP contribution >= 0.6 is 0 Å². The minimum absolute atomic E-state index is 0.283. The second kappa shape index (κ2) is 5.65. The van der Waals surface area contributed by atoms with E-state index in [1.54, 1.807) is 16.9 Å². The molecule has 1 fully saturated rings. The fourth-order valence-corrected chi connectivity index (χ4v) is 2.79. The molecule has 1 saturated carbocycles. The highest BCUT2D eigenvalue weighted by molar-refractivity contribution is 5.91. The number of aromatic amines is 1. The first kappa shape index (κ1) is 15.7. The van der Waals surface area contributed by atoms with E-state index in [-0.39, 0.29) is 5.56 Å². The van der Waals surface area contributed by atoms with Crippen molar-refractivity contribution in [2.75, 3.05) is 5.32 Å². The van der Waals surface area contributed by atoms with Crippen LogP contribution in [0.4, 0.5) is 24.7 Å². The number of aromatic nitrogens is 3. The van der Waals surface area contributed by atoms with Crippen LogP contribution in [0.15, 0.2) is 41.3 Å². The van der Waals surface area contributed by atoms with Gasteiger partial charge in [0, 0.05) is 18.4 Å². The zero-order chi connectivity index (χ0) is 17.6. The van der Waals surface area contributed by atoms with Gasteiger partial charge in [-0.15, -0.1) is 0 Å². The average molecular weight is 348 g/mol. The lowest BCUT2D eigenvalue weighted by Gasteiger charge is -2.08. The van der Waals surface area contributed by atoms with Gasteiger partial charge in [0.15, 0.2) is 5.82 Å². The maximum atomic E-state index is 12.7. The molecule has 0 atom stereocenters. The molecule has 1 aromatic carbocycles. The van der Waals surface area contributed by atoms with Crippen molar-refractivity contribution >= 4 is 22.4 Å². The summed E-state index contributed by atoms with van der Waals surface area (Å²) in [5.41, 5.74) is 0.147. The van der Waals surface area contributed by atoms with Gasteiger partial charge in [-0.3, -0.25) is 9.48 Å². The number of pyridine rings is 1. The van der Waals surface area contributed by atoms with Crippen LogP contribution < -0.4 is 10.9 Å². The van der Waals surface area contributed by atoms with E-state index in [1.165, 1.54) is 12.1 Å². The summed E-state index contributed by atoms with van der Waals surface area (Å²) >= 11 is 0. The van der Waals surface area contributed by atoms with Crippen molar-refractivity contribution in [3.05, 3.63) is 52.4 Å². The standard InChI is InChI=1S/C17H15F3N4O/c18-17(19,20)11-3-5-12(6-4-11)22-15-14-13(7-8-21-16(14)25)24(23-15)9-10-1-2-10/h3-8,10H,1-2,9H2,(H,21,25)(H,22,23). The molecule has 8 heteroatoms. The third kappa shape index (κ3) is 3.11. The quantitative estimate of drug-likeness (QED) is 0.752. The molecule has 25 heavy (non-hydrogen) atoms. The summed E-state index contributed by atoms with van der Waals surface area (Å²) in [5, 5.41) is 7.83. The molecule has 3 aromatic rings. The zero-order valence-electron chi connectivity index (χ0n) is 13.1. The third-order valence-corrected chi connectivity index (χ3v) is 4.28. The van der Waals surface area contributed by atoms with Crippen LogP contribution in [0.25, 0.3) is 10.9 Å². The Bertz CT molecular complexity index is 968. The summed E-state index contributed by atoms with van der Waals surface area (Å²) in [6, 6.07) is 6.42. The number of halogens is 3. The summed E-state index contributed by atoms with van der Waals surface area (Å²) in [5.74, 6) is 0.915. The second-order valence-corrected chi connectivity index (χ2v) is 6.24. The van der Waals surface area contributed by atoms with Crippen molar-refractivity contribution in [3.63, 3.8) is 0 Å². The van der Waals surface area contributed by atoms with Gasteiger partial charge in [0.2, 0.25) is 0 Å². The highest BCUT2D eigenvalue weighted by Gasteiger charge is 2.30. The van der Waals surface area contributed by atoms with E-state index in [0.717, 1.165) is 31.5 Å². The van der Waals surface area contributed by atoms with Gasteiger partial charge >= 0.3 is 6.18 Å². The van der Waals surface area contributed by atoms with Crippen molar-refractivity contribution in [1.82, 2.24) is 14.8 Å². The molecule has 0 unspecified atom stereocenters. The SMILES string of the molecule is O=c1[nH]ccc2c1c(Nc1ccc(C(F)(F)F)cc1)nn2CC1CC1. The van der Waals surface area contributed by atoms with Gasteiger partial charge in [-0.2, -0.15) is 18.3 Å². The Morgan fingerprint density at radius 3 is 2.56 bits per heavy atom. The highest BCUT2D eigenvalue weighted by Crippen LogP contribution is 2.33. The topological polar surface area (TPSA) is 62.7 Å². The van der Waals surface area contributed by atoms with Crippen LogP contribution in [-0.4, -0.2) is 14.8 Å². The van der Waals surface area contributed by atoms with Crippen molar-refractivity contribution in [2.24, 2.45) is 5.92 Å². The molecule has 0 aliphatic heterocycles. The first-order valence-corrected chi connectivity index (χ1v) is 7.94. The molecule has 1 aliphatic carbocycles. The molecule has 0 amide bonds. The molecule has 2 heterocycles. The van der Waals surface area contributed by atoms with Gasteiger partial charge in [-0.25, -0.2) is 0 Å². The number of alkyl halides is 3. The van der Waals surface area contributed by atoms with Crippen LogP contribution in [0.1, 0.15) is 18.4 Å². The Labute approximate surface area is 140 Å². The molecule has 2 aromatic heterocycles. The summed E-state index contributed by atoms with van der Waals surface area (Å²) in [6.07, 6.45) is -0.524. The number of anilines is 2. The first-order valence-electron chi connectivity index (χ1n) is 7.94. The smallest absolute Gasteiger partial charge is 0.338 e. The predicted molar refractivity (Wildman–Crippen MR) is 87.8 cm³/mol.